The molecule has 0 saturated carbocycles. The summed E-state index contributed by atoms with van der Waals surface area (Å²) in [6.45, 7) is 2.24. The molecule has 0 bridgehead atoms. The Hall–Kier alpha value is -3.23. The number of hydrogen-bond donors (Lipinski definition) is 2. The van der Waals surface area contributed by atoms with Crippen molar-refractivity contribution in [1.29, 1.82) is 0 Å². The first-order valence-corrected chi connectivity index (χ1v) is 12.1. The van der Waals surface area contributed by atoms with Crippen molar-refractivity contribution in [3.63, 3.8) is 0 Å². The van der Waals surface area contributed by atoms with Gasteiger partial charge in [0.25, 0.3) is 6.04 Å². The molecule has 2 aliphatic rings. The molecule has 4 rings (SSSR count). The lowest BCUT2D eigenvalue weighted by molar-refractivity contribution is -0.540. The standard InChI is InChI=1S/C22H24Cl2N8O5/c23-18-3-1-14(10-27-18)12-29-7-5-25-21(29)16(31(34)35)9-17(33)20(32(36)37)22-26-6-8-30(22)13-15-2-4-19(24)28-11-15/h1-4,9-11,17,20,22,26,33H,5-8,12-13H2/b16-9+. The van der Waals surface area contributed by atoms with E-state index >= 15 is 0 Å². The van der Waals surface area contributed by atoms with Gasteiger partial charge in [0.05, 0.1) is 11.5 Å². The van der Waals surface area contributed by atoms with E-state index in [0.29, 0.717) is 43.0 Å². The molecule has 15 heteroatoms. The number of nitrogens with one attached hydrogen (secondary N) is 1. The van der Waals surface area contributed by atoms with Crippen molar-refractivity contribution in [3.8, 4) is 0 Å². The van der Waals surface area contributed by atoms with Gasteiger partial charge >= 0.3 is 5.70 Å². The minimum absolute atomic E-state index is 0.0459. The summed E-state index contributed by atoms with van der Waals surface area (Å²) in [6, 6.07) is 5.16. The highest BCUT2D eigenvalue weighted by molar-refractivity contribution is 6.29. The molecular formula is C22H24Cl2N8O5. The molecule has 0 aliphatic carbocycles. The van der Waals surface area contributed by atoms with Crippen LogP contribution in [0.1, 0.15) is 11.1 Å². The van der Waals surface area contributed by atoms with Crippen LogP contribution in [-0.2, 0) is 13.1 Å². The Labute approximate surface area is 221 Å². The van der Waals surface area contributed by atoms with Crippen LogP contribution in [0.2, 0.25) is 10.3 Å². The van der Waals surface area contributed by atoms with E-state index in [0.717, 1.165) is 17.2 Å². The van der Waals surface area contributed by atoms with Gasteiger partial charge in [-0.1, -0.05) is 35.3 Å². The van der Waals surface area contributed by atoms with Crippen LogP contribution in [0.15, 0.2) is 53.4 Å². The normalized spacial score (nSPS) is 20.1. The van der Waals surface area contributed by atoms with Crippen LogP contribution in [-0.4, -0.2) is 85.0 Å². The summed E-state index contributed by atoms with van der Waals surface area (Å²) in [5.74, 6) is 0.0459. The fraction of sp³-hybridized carbons (Fsp3) is 0.409. The van der Waals surface area contributed by atoms with Gasteiger partial charge in [-0.2, -0.15) is 0 Å². The van der Waals surface area contributed by atoms with E-state index in [9.17, 15) is 25.3 Å². The third-order valence-electron chi connectivity index (χ3n) is 6.08. The molecule has 0 spiro atoms. The Morgan fingerprint density at radius 3 is 2.32 bits per heavy atom. The smallest absolute Gasteiger partial charge is 0.310 e. The molecule has 196 valence electrons. The average Bonchev–Trinajstić information content (AvgIpc) is 3.50. The van der Waals surface area contributed by atoms with Crippen molar-refractivity contribution in [1.82, 2.24) is 25.1 Å². The number of pyridine rings is 2. The summed E-state index contributed by atoms with van der Waals surface area (Å²) in [6.07, 6.45) is 1.41. The molecule has 2 aliphatic heterocycles. The van der Waals surface area contributed by atoms with Crippen LogP contribution in [0.4, 0.5) is 0 Å². The minimum atomic E-state index is -1.76. The van der Waals surface area contributed by atoms with Crippen LogP contribution >= 0.6 is 23.2 Å². The van der Waals surface area contributed by atoms with Gasteiger partial charge < -0.3 is 10.0 Å². The Kier molecular flexibility index (Phi) is 8.61. The van der Waals surface area contributed by atoms with E-state index < -0.39 is 33.9 Å². The second kappa shape index (κ2) is 11.9. The maximum atomic E-state index is 12.1. The molecular weight excluding hydrogens is 527 g/mol. The van der Waals surface area contributed by atoms with Crippen LogP contribution in [0, 0.1) is 20.2 Å². The monoisotopic (exact) mass is 550 g/mol. The van der Waals surface area contributed by atoms with Crippen LogP contribution in [0.25, 0.3) is 0 Å². The quantitative estimate of drug-likeness (QED) is 0.252. The Bertz CT molecular complexity index is 1190. The van der Waals surface area contributed by atoms with Crippen LogP contribution in [0.5, 0.6) is 0 Å². The lowest BCUT2D eigenvalue weighted by atomic mass is 10.1. The first kappa shape index (κ1) is 26.8. The SMILES string of the molecule is O=[N+]([O-])/C(=C/C(O)C(C1NCCN1Cc1ccc(Cl)nc1)[N+](=O)[O-])C1=NCCN1Cc1ccc(Cl)nc1. The van der Waals surface area contributed by atoms with Gasteiger partial charge in [0.1, 0.15) is 22.6 Å². The zero-order chi connectivity index (χ0) is 26.5. The van der Waals surface area contributed by atoms with Crippen molar-refractivity contribution in [2.24, 2.45) is 4.99 Å². The van der Waals surface area contributed by atoms with Crippen LogP contribution in [0.3, 0.4) is 0 Å². The number of nitro groups is 2. The molecule has 4 heterocycles. The molecule has 2 N–H and O–H groups in total. The Morgan fingerprint density at radius 2 is 1.76 bits per heavy atom. The molecule has 2 aromatic heterocycles. The van der Waals surface area contributed by atoms with E-state index in [1.807, 2.05) is 0 Å². The second-order valence-electron chi connectivity index (χ2n) is 8.55. The van der Waals surface area contributed by atoms with Gasteiger partial charge in [0.15, 0.2) is 0 Å². The summed E-state index contributed by atoms with van der Waals surface area (Å²) in [4.78, 5) is 38.5. The molecule has 0 aromatic carbocycles. The van der Waals surface area contributed by atoms with E-state index in [1.54, 1.807) is 46.5 Å². The Morgan fingerprint density at radius 1 is 1.11 bits per heavy atom. The minimum Gasteiger partial charge on any atom is -0.381 e. The first-order chi connectivity index (χ1) is 17.7. The fourth-order valence-electron chi connectivity index (χ4n) is 4.38. The van der Waals surface area contributed by atoms with E-state index in [2.05, 4.69) is 20.3 Å². The largest absolute Gasteiger partial charge is 0.381 e. The highest BCUT2D eigenvalue weighted by atomic mass is 35.5. The maximum absolute atomic E-state index is 12.1. The lowest BCUT2D eigenvalue weighted by Gasteiger charge is -2.28. The second-order valence-corrected chi connectivity index (χ2v) is 9.32. The predicted molar refractivity (Wildman–Crippen MR) is 135 cm³/mol. The van der Waals surface area contributed by atoms with Crippen molar-refractivity contribution in [3.05, 3.63) is 90.1 Å². The number of aromatic nitrogens is 2. The first-order valence-electron chi connectivity index (χ1n) is 11.4. The molecule has 0 radical (unpaired) electrons. The van der Waals surface area contributed by atoms with Crippen molar-refractivity contribution in [2.45, 2.75) is 31.4 Å². The summed E-state index contributed by atoms with van der Waals surface area (Å²) < 4.78 is 0. The van der Waals surface area contributed by atoms with Gasteiger partial charge in [0.2, 0.25) is 5.84 Å². The molecule has 3 unspecified atom stereocenters. The Balaban J connectivity index is 1.55. The van der Waals surface area contributed by atoms with Gasteiger partial charge in [0, 0.05) is 56.1 Å². The molecule has 1 saturated heterocycles. The number of halogens is 2. The van der Waals surface area contributed by atoms with E-state index in [1.165, 1.54) is 0 Å². The predicted octanol–water partition coefficient (Wildman–Crippen LogP) is 1.60. The summed E-state index contributed by atoms with van der Waals surface area (Å²) in [7, 11) is 0. The molecule has 1 fully saturated rings. The zero-order valence-electron chi connectivity index (χ0n) is 19.5. The highest BCUT2D eigenvalue weighted by Crippen LogP contribution is 2.21. The topological polar surface area (TPSA) is 163 Å². The summed E-state index contributed by atoms with van der Waals surface area (Å²) in [5.41, 5.74) is 1.04. The molecule has 2 aromatic rings. The molecule has 37 heavy (non-hydrogen) atoms. The number of amidine groups is 1. The molecule has 3 atom stereocenters. The number of aliphatic hydroxyl groups excluding tert-OH is 1. The van der Waals surface area contributed by atoms with Crippen molar-refractivity contribution in [2.75, 3.05) is 26.2 Å². The van der Waals surface area contributed by atoms with Gasteiger partial charge in [-0.15, -0.1) is 0 Å². The van der Waals surface area contributed by atoms with Crippen molar-refractivity contribution >= 4 is 29.0 Å². The molecule has 0 amide bonds. The molecule has 13 nitrogen and oxygen atoms in total. The third-order valence-corrected chi connectivity index (χ3v) is 6.53. The van der Waals surface area contributed by atoms with Crippen LogP contribution < -0.4 is 5.32 Å². The van der Waals surface area contributed by atoms with E-state index in [-0.39, 0.29) is 12.4 Å². The number of hydrogen-bond acceptors (Lipinski definition) is 11. The van der Waals surface area contributed by atoms with Crippen molar-refractivity contribution < 1.29 is 15.0 Å². The zero-order valence-corrected chi connectivity index (χ0v) is 21.0. The van der Waals surface area contributed by atoms with Gasteiger partial charge in [-0.3, -0.25) is 35.4 Å². The summed E-state index contributed by atoms with van der Waals surface area (Å²) >= 11 is 11.7. The number of aliphatic imine (C=N–C) groups is 1. The maximum Gasteiger partial charge on any atom is 0.310 e. The third kappa shape index (κ3) is 6.56. The fourth-order valence-corrected chi connectivity index (χ4v) is 4.60. The van der Waals surface area contributed by atoms with Gasteiger partial charge in [-0.25, -0.2) is 9.97 Å². The summed E-state index contributed by atoms with van der Waals surface area (Å²) in [5, 5.41) is 38.7. The number of rotatable bonds is 10. The number of nitrogens with zero attached hydrogens (tertiary/aromatic N) is 7. The van der Waals surface area contributed by atoms with E-state index in [4.69, 9.17) is 23.2 Å². The number of aliphatic hydroxyl groups is 1. The van der Waals surface area contributed by atoms with Gasteiger partial charge in [-0.05, 0) is 23.3 Å². The lowest BCUT2D eigenvalue weighted by Crippen LogP contribution is -2.54. The highest BCUT2D eigenvalue weighted by Gasteiger charge is 2.45. The average molecular weight is 551 g/mol.